The van der Waals surface area contributed by atoms with Crippen molar-refractivity contribution in [3.8, 4) is 0 Å². The highest BCUT2D eigenvalue weighted by Crippen LogP contribution is 2.17. The molecule has 10 heteroatoms. The number of aromatic nitrogens is 2. The standard InChI is InChI=1S/C14H15F2N5O3/c15-8-1-2-10(11(16)3-8)12(22)5-18-14(24)20-9-4-19-21(6-9)7-13(17)23/h1-4,6,12,22H,5,7H2,(H2,17,23)(H2,18,20,24)/t12-/m0/s1. The molecule has 0 unspecified atom stereocenters. The molecule has 1 aromatic carbocycles. The van der Waals surface area contributed by atoms with Crippen LogP contribution >= 0.6 is 0 Å². The Morgan fingerprint density at radius 1 is 1.38 bits per heavy atom. The summed E-state index contributed by atoms with van der Waals surface area (Å²) in [5.41, 5.74) is 5.18. The van der Waals surface area contributed by atoms with Gasteiger partial charge in [-0.2, -0.15) is 5.10 Å². The Morgan fingerprint density at radius 3 is 2.79 bits per heavy atom. The van der Waals surface area contributed by atoms with E-state index in [4.69, 9.17) is 5.73 Å². The van der Waals surface area contributed by atoms with E-state index in [1.54, 1.807) is 0 Å². The van der Waals surface area contributed by atoms with Gasteiger partial charge in [-0.15, -0.1) is 0 Å². The van der Waals surface area contributed by atoms with Crippen molar-refractivity contribution in [1.29, 1.82) is 0 Å². The van der Waals surface area contributed by atoms with Gasteiger partial charge in [-0.1, -0.05) is 6.07 Å². The number of rotatable bonds is 6. The van der Waals surface area contributed by atoms with Crippen LogP contribution in [0.15, 0.2) is 30.6 Å². The number of aliphatic hydroxyl groups is 1. The predicted molar refractivity (Wildman–Crippen MR) is 79.8 cm³/mol. The third-order valence-electron chi connectivity index (χ3n) is 2.99. The van der Waals surface area contributed by atoms with Gasteiger partial charge in [0.25, 0.3) is 0 Å². The maximum Gasteiger partial charge on any atom is 0.319 e. The van der Waals surface area contributed by atoms with Crippen LogP contribution in [-0.4, -0.2) is 33.4 Å². The lowest BCUT2D eigenvalue weighted by Gasteiger charge is -2.13. The van der Waals surface area contributed by atoms with Gasteiger partial charge in [0.05, 0.1) is 18.0 Å². The molecule has 0 saturated carbocycles. The third-order valence-corrected chi connectivity index (χ3v) is 2.99. The van der Waals surface area contributed by atoms with E-state index in [2.05, 4.69) is 15.7 Å². The van der Waals surface area contributed by atoms with Gasteiger partial charge in [-0.3, -0.25) is 9.48 Å². The minimum Gasteiger partial charge on any atom is -0.386 e. The zero-order valence-electron chi connectivity index (χ0n) is 12.4. The molecule has 0 spiro atoms. The van der Waals surface area contributed by atoms with Crippen molar-refractivity contribution in [1.82, 2.24) is 15.1 Å². The third kappa shape index (κ3) is 4.74. The number of aliphatic hydroxyl groups excluding tert-OH is 1. The number of amides is 3. The molecule has 0 radical (unpaired) electrons. The molecule has 24 heavy (non-hydrogen) atoms. The molecule has 2 rings (SSSR count). The normalized spacial score (nSPS) is 11.8. The van der Waals surface area contributed by atoms with Gasteiger partial charge in [0.2, 0.25) is 5.91 Å². The largest absolute Gasteiger partial charge is 0.386 e. The molecule has 0 aliphatic rings. The Morgan fingerprint density at radius 2 is 2.12 bits per heavy atom. The van der Waals surface area contributed by atoms with Crippen molar-refractivity contribution in [3.05, 3.63) is 47.8 Å². The van der Waals surface area contributed by atoms with Gasteiger partial charge >= 0.3 is 6.03 Å². The summed E-state index contributed by atoms with van der Waals surface area (Å²) in [6, 6.07) is 2.08. The number of nitrogens with two attached hydrogens (primary N) is 1. The number of carbonyl (C=O) groups is 2. The van der Waals surface area contributed by atoms with Crippen LogP contribution in [0.2, 0.25) is 0 Å². The Balaban J connectivity index is 1.86. The molecule has 2 aromatic rings. The summed E-state index contributed by atoms with van der Waals surface area (Å²) in [6.07, 6.45) is 1.35. The van der Waals surface area contributed by atoms with E-state index in [0.717, 1.165) is 12.1 Å². The number of hydrogen-bond acceptors (Lipinski definition) is 4. The van der Waals surface area contributed by atoms with Crippen molar-refractivity contribution in [2.24, 2.45) is 5.73 Å². The summed E-state index contributed by atoms with van der Waals surface area (Å²) in [5.74, 6) is -2.25. The van der Waals surface area contributed by atoms with E-state index in [-0.39, 0.29) is 18.7 Å². The number of nitrogens with one attached hydrogen (secondary N) is 2. The van der Waals surface area contributed by atoms with Gasteiger partial charge < -0.3 is 21.5 Å². The number of anilines is 1. The molecule has 8 nitrogen and oxygen atoms in total. The Labute approximate surface area is 135 Å². The second-order valence-electron chi connectivity index (χ2n) is 4.91. The molecule has 0 saturated heterocycles. The second-order valence-corrected chi connectivity index (χ2v) is 4.91. The Kier molecular flexibility index (Phi) is 5.42. The average Bonchev–Trinajstić information content (AvgIpc) is 2.91. The molecule has 1 aromatic heterocycles. The van der Waals surface area contributed by atoms with Gasteiger partial charge in [-0.05, 0) is 6.07 Å². The SMILES string of the molecule is NC(=O)Cn1cc(NC(=O)NC[C@H](O)c2ccc(F)cc2F)cn1. The molecule has 3 amide bonds. The fourth-order valence-corrected chi connectivity index (χ4v) is 1.92. The van der Waals surface area contributed by atoms with E-state index < -0.39 is 29.7 Å². The summed E-state index contributed by atoms with van der Waals surface area (Å²) in [5, 5.41) is 18.4. The van der Waals surface area contributed by atoms with E-state index in [0.29, 0.717) is 11.8 Å². The van der Waals surface area contributed by atoms with Crippen LogP contribution in [0.3, 0.4) is 0 Å². The summed E-state index contributed by atoms with van der Waals surface area (Å²) in [7, 11) is 0. The number of benzene rings is 1. The zero-order valence-corrected chi connectivity index (χ0v) is 12.4. The molecule has 1 atom stereocenters. The highest BCUT2D eigenvalue weighted by atomic mass is 19.1. The smallest absolute Gasteiger partial charge is 0.319 e. The second kappa shape index (κ2) is 7.51. The maximum absolute atomic E-state index is 13.5. The maximum atomic E-state index is 13.5. The fourth-order valence-electron chi connectivity index (χ4n) is 1.92. The molecular formula is C14H15F2N5O3. The first-order chi connectivity index (χ1) is 11.3. The molecule has 5 N–H and O–H groups in total. The highest BCUT2D eigenvalue weighted by molar-refractivity contribution is 5.88. The van der Waals surface area contributed by atoms with E-state index in [9.17, 15) is 23.5 Å². The summed E-state index contributed by atoms with van der Waals surface area (Å²) in [4.78, 5) is 22.4. The van der Waals surface area contributed by atoms with Crippen molar-refractivity contribution in [3.63, 3.8) is 0 Å². The molecule has 1 heterocycles. The molecule has 0 aliphatic heterocycles. The van der Waals surface area contributed by atoms with Crippen molar-refractivity contribution in [2.75, 3.05) is 11.9 Å². The number of primary amides is 1. The number of halogens is 2. The average molecular weight is 339 g/mol. The lowest BCUT2D eigenvalue weighted by molar-refractivity contribution is -0.118. The predicted octanol–water partition coefficient (Wildman–Crippen LogP) is 0.502. The van der Waals surface area contributed by atoms with Crippen LogP contribution in [0.1, 0.15) is 11.7 Å². The monoisotopic (exact) mass is 339 g/mol. The summed E-state index contributed by atoms with van der Waals surface area (Å²) in [6.45, 7) is -0.421. The van der Waals surface area contributed by atoms with Crippen LogP contribution in [0.4, 0.5) is 19.3 Å². The van der Waals surface area contributed by atoms with Crippen LogP contribution in [0.25, 0.3) is 0 Å². The lowest BCUT2D eigenvalue weighted by Crippen LogP contribution is -2.32. The number of hydrogen-bond donors (Lipinski definition) is 4. The van der Waals surface area contributed by atoms with Crippen LogP contribution in [0.5, 0.6) is 0 Å². The first-order valence-electron chi connectivity index (χ1n) is 6.84. The molecule has 128 valence electrons. The zero-order chi connectivity index (χ0) is 17.7. The Bertz CT molecular complexity index is 750. The summed E-state index contributed by atoms with van der Waals surface area (Å²) >= 11 is 0. The van der Waals surface area contributed by atoms with E-state index in [1.165, 1.54) is 17.1 Å². The first-order valence-corrected chi connectivity index (χ1v) is 6.84. The quantitative estimate of drug-likeness (QED) is 0.612. The summed E-state index contributed by atoms with van der Waals surface area (Å²) < 4.78 is 27.5. The highest BCUT2D eigenvalue weighted by Gasteiger charge is 2.15. The Hall–Kier alpha value is -3.01. The number of nitrogens with zero attached hydrogens (tertiary/aromatic N) is 2. The van der Waals surface area contributed by atoms with E-state index >= 15 is 0 Å². The topological polar surface area (TPSA) is 122 Å². The van der Waals surface area contributed by atoms with Gasteiger partial charge in [-0.25, -0.2) is 13.6 Å². The minimum atomic E-state index is -1.34. The fraction of sp³-hybridized carbons (Fsp3) is 0.214. The van der Waals surface area contributed by atoms with Crippen LogP contribution < -0.4 is 16.4 Å². The van der Waals surface area contributed by atoms with Crippen LogP contribution in [0, 0.1) is 11.6 Å². The van der Waals surface area contributed by atoms with Crippen LogP contribution in [-0.2, 0) is 11.3 Å². The molecule has 0 fully saturated rings. The van der Waals surface area contributed by atoms with Gasteiger partial charge in [0.15, 0.2) is 0 Å². The molecule has 0 bridgehead atoms. The van der Waals surface area contributed by atoms with Gasteiger partial charge in [0, 0.05) is 24.4 Å². The number of urea groups is 1. The van der Waals surface area contributed by atoms with Crippen molar-refractivity contribution < 1.29 is 23.5 Å². The first kappa shape index (κ1) is 17.3. The van der Waals surface area contributed by atoms with Crippen molar-refractivity contribution in [2.45, 2.75) is 12.6 Å². The molecule has 0 aliphatic carbocycles. The lowest BCUT2D eigenvalue weighted by atomic mass is 10.1. The minimum absolute atomic E-state index is 0.133. The van der Waals surface area contributed by atoms with Gasteiger partial charge in [0.1, 0.15) is 18.2 Å². The van der Waals surface area contributed by atoms with Crippen molar-refractivity contribution >= 4 is 17.6 Å². The molecular weight excluding hydrogens is 324 g/mol. The number of carbonyl (C=O) groups excluding carboxylic acids is 2. The van der Waals surface area contributed by atoms with E-state index in [1.807, 2.05) is 0 Å².